The normalized spacial score (nSPS) is 22.5. The lowest BCUT2D eigenvalue weighted by molar-refractivity contribution is -0.385. The van der Waals surface area contributed by atoms with Crippen LogP contribution in [0, 0.1) is 21.7 Å². The van der Waals surface area contributed by atoms with Crippen molar-refractivity contribution in [3.8, 4) is 0 Å². The zero-order valence-corrected chi connectivity index (χ0v) is 11.2. The highest BCUT2D eigenvalue weighted by Gasteiger charge is 2.30. The van der Waals surface area contributed by atoms with Gasteiger partial charge < -0.3 is 5.32 Å². The Morgan fingerprint density at radius 1 is 1.47 bits per heavy atom. The van der Waals surface area contributed by atoms with E-state index in [0.29, 0.717) is 6.54 Å². The molecular weight excluding hydrogens is 274 g/mol. The van der Waals surface area contributed by atoms with Crippen molar-refractivity contribution in [2.45, 2.75) is 24.5 Å². The lowest BCUT2D eigenvalue weighted by Crippen LogP contribution is -2.27. The molecule has 1 heterocycles. The number of halogens is 2. The second-order valence-corrected chi connectivity index (χ2v) is 6.48. The van der Waals surface area contributed by atoms with Gasteiger partial charge in [-0.25, -0.2) is 8.78 Å². The number of hydrogen-bond donors (Lipinski definition) is 1. The van der Waals surface area contributed by atoms with Crippen molar-refractivity contribution in [3.05, 3.63) is 33.9 Å². The van der Waals surface area contributed by atoms with Crippen molar-refractivity contribution < 1.29 is 13.7 Å². The van der Waals surface area contributed by atoms with Crippen LogP contribution in [0.15, 0.2) is 12.1 Å². The van der Waals surface area contributed by atoms with E-state index in [1.165, 1.54) is 0 Å². The Labute approximate surface area is 113 Å². The summed E-state index contributed by atoms with van der Waals surface area (Å²) in [5, 5.41) is 13.2. The van der Waals surface area contributed by atoms with Gasteiger partial charge in [-0.05, 0) is 25.5 Å². The van der Waals surface area contributed by atoms with E-state index in [-0.39, 0.29) is 10.4 Å². The molecule has 1 saturated heterocycles. The van der Waals surface area contributed by atoms with Crippen LogP contribution in [0.1, 0.15) is 19.8 Å². The van der Waals surface area contributed by atoms with Gasteiger partial charge in [0.25, 0.3) is 5.69 Å². The molecule has 1 unspecified atom stereocenters. The van der Waals surface area contributed by atoms with Crippen molar-refractivity contribution in [1.82, 2.24) is 0 Å². The van der Waals surface area contributed by atoms with Crippen LogP contribution in [-0.4, -0.2) is 22.0 Å². The summed E-state index contributed by atoms with van der Waals surface area (Å²) in [6, 6.07) is 1.46. The summed E-state index contributed by atoms with van der Waals surface area (Å²) in [6.07, 6.45) is 2.08. The maximum atomic E-state index is 13.7. The van der Waals surface area contributed by atoms with Gasteiger partial charge in [0, 0.05) is 11.3 Å². The minimum absolute atomic E-state index is 0.0410. The van der Waals surface area contributed by atoms with Crippen molar-refractivity contribution >= 4 is 23.1 Å². The fourth-order valence-corrected chi connectivity index (χ4v) is 3.33. The number of thioether (sulfide) groups is 1. The molecule has 0 amide bonds. The lowest BCUT2D eigenvalue weighted by atomic mass is 10.1. The molecule has 0 radical (unpaired) electrons. The number of rotatable bonds is 4. The van der Waals surface area contributed by atoms with Gasteiger partial charge in [-0.1, -0.05) is 0 Å². The van der Waals surface area contributed by atoms with E-state index in [2.05, 4.69) is 5.32 Å². The fraction of sp³-hybridized carbons (Fsp3) is 0.500. The van der Waals surface area contributed by atoms with Gasteiger partial charge in [0.05, 0.1) is 17.1 Å². The maximum absolute atomic E-state index is 13.7. The maximum Gasteiger partial charge on any atom is 0.275 e. The molecule has 7 heteroatoms. The second kappa shape index (κ2) is 5.32. The van der Waals surface area contributed by atoms with Gasteiger partial charge in [-0.3, -0.25) is 10.1 Å². The Balaban J connectivity index is 2.14. The first kappa shape index (κ1) is 14.0. The SMILES string of the molecule is CC1(CNc2c(F)cc([N+](=O)[O-])cc2F)CCCS1. The molecule has 104 valence electrons. The predicted molar refractivity (Wildman–Crippen MR) is 71.6 cm³/mol. The summed E-state index contributed by atoms with van der Waals surface area (Å²) in [5.74, 6) is -0.819. The topological polar surface area (TPSA) is 55.2 Å². The highest BCUT2D eigenvalue weighted by Crippen LogP contribution is 2.38. The molecule has 4 nitrogen and oxygen atoms in total. The molecule has 2 rings (SSSR count). The molecular formula is C12H14F2N2O2S. The molecule has 0 bridgehead atoms. The number of nitro groups is 1. The molecule has 0 spiro atoms. The summed E-state index contributed by atoms with van der Waals surface area (Å²) >= 11 is 1.77. The van der Waals surface area contributed by atoms with Crippen molar-refractivity contribution in [2.75, 3.05) is 17.6 Å². The van der Waals surface area contributed by atoms with Gasteiger partial charge in [0.1, 0.15) is 5.69 Å². The zero-order chi connectivity index (χ0) is 14.0. The highest BCUT2D eigenvalue weighted by molar-refractivity contribution is 8.00. The first-order valence-corrected chi connectivity index (χ1v) is 6.91. The molecule has 0 aromatic heterocycles. The molecule has 1 atom stereocenters. The van der Waals surface area contributed by atoms with E-state index < -0.39 is 22.2 Å². The summed E-state index contributed by atoms with van der Waals surface area (Å²) in [7, 11) is 0. The predicted octanol–water partition coefficient (Wildman–Crippen LogP) is 3.57. The molecule has 1 N–H and O–H groups in total. The van der Waals surface area contributed by atoms with E-state index in [1.807, 2.05) is 6.92 Å². The number of nitro benzene ring substituents is 1. The summed E-state index contributed by atoms with van der Waals surface area (Å²) < 4.78 is 27.3. The van der Waals surface area contributed by atoms with E-state index in [4.69, 9.17) is 0 Å². The van der Waals surface area contributed by atoms with E-state index in [0.717, 1.165) is 30.7 Å². The molecule has 1 aliphatic heterocycles. The second-order valence-electron chi connectivity index (χ2n) is 4.80. The Morgan fingerprint density at radius 2 is 2.11 bits per heavy atom. The monoisotopic (exact) mass is 288 g/mol. The molecule has 0 saturated carbocycles. The van der Waals surface area contributed by atoms with Crippen LogP contribution in [0.3, 0.4) is 0 Å². The third-order valence-corrected chi connectivity index (χ3v) is 4.72. The van der Waals surface area contributed by atoms with Crippen LogP contribution in [0.2, 0.25) is 0 Å². The standard InChI is InChI=1S/C12H14F2N2O2S/c1-12(3-2-4-19-12)7-15-11-9(13)5-8(16(17)18)6-10(11)14/h5-6,15H,2-4,7H2,1H3. The van der Waals surface area contributed by atoms with Crippen LogP contribution in [0.25, 0.3) is 0 Å². The Bertz CT molecular complexity index is 481. The van der Waals surface area contributed by atoms with Crippen LogP contribution in [0.4, 0.5) is 20.2 Å². The van der Waals surface area contributed by atoms with Crippen molar-refractivity contribution in [1.29, 1.82) is 0 Å². The first-order chi connectivity index (χ1) is 8.91. The first-order valence-electron chi connectivity index (χ1n) is 5.92. The number of anilines is 1. The minimum Gasteiger partial charge on any atom is -0.379 e. The van der Waals surface area contributed by atoms with Gasteiger partial charge in [0.15, 0.2) is 11.6 Å². The number of hydrogen-bond acceptors (Lipinski definition) is 4. The summed E-state index contributed by atoms with van der Waals surface area (Å²) in [5.41, 5.74) is -0.874. The molecule has 1 aliphatic rings. The number of non-ortho nitro benzene ring substituents is 1. The lowest BCUT2D eigenvalue weighted by Gasteiger charge is -2.23. The van der Waals surface area contributed by atoms with E-state index in [9.17, 15) is 18.9 Å². The van der Waals surface area contributed by atoms with Gasteiger partial charge in [0.2, 0.25) is 0 Å². The minimum atomic E-state index is -0.932. The third-order valence-electron chi connectivity index (χ3n) is 3.18. The molecule has 19 heavy (non-hydrogen) atoms. The number of nitrogens with zero attached hydrogens (tertiary/aromatic N) is 1. The molecule has 1 fully saturated rings. The molecule has 1 aromatic carbocycles. The van der Waals surface area contributed by atoms with Crippen LogP contribution in [-0.2, 0) is 0 Å². The van der Waals surface area contributed by atoms with Crippen LogP contribution >= 0.6 is 11.8 Å². The average Bonchev–Trinajstić information content (AvgIpc) is 2.75. The number of nitrogens with one attached hydrogen (secondary N) is 1. The average molecular weight is 288 g/mol. The Hall–Kier alpha value is -1.37. The Kier molecular flexibility index (Phi) is 3.93. The zero-order valence-electron chi connectivity index (χ0n) is 10.4. The highest BCUT2D eigenvalue weighted by atomic mass is 32.2. The van der Waals surface area contributed by atoms with Crippen molar-refractivity contribution in [2.24, 2.45) is 0 Å². The molecule has 0 aliphatic carbocycles. The van der Waals surface area contributed by atoms with E-state index in [1.54, 1.807) is 11.8 Å². The third kappa shape index (κ3) is 3.15. The van der Waals surface area contributed by atoms with Crippen LogP contribution in [0.5, 0.6) is 0 Å². The largest absolute Gasteiger partial charge is 0.379 e. The summed E-state index contributed by atoms with van der Waals surface area (Å²) in [4.78, 5) is 9.67. The van der Waals surface area contributed by atoms with E-state index >= 15 is 0 Å². The quantitative estimate of drug-likeness (QED) is 0.679. The van der Waals surface area contributed by atoms with Gasteiger partial charge in [-0.2, -0.15) is 11.8 Å². The smallest absolute Gasteiger partial charge is 0.275 e. The molecule has 1 aromatic rings. The van der Waals surface area contributed by atoms with Crippen molar-refractivity contribution in [3.63, 3.8) is 0 Å². The van der Waals surface area contributed by atoms with Gasteiger partial charge in [-0.15, -0.1) is 0 Å². The summed E-state index contributed by atoms with van der Waals surface area (Å²) in [6.45, 7) is 2.47. The number of benzene rings is 1. The van der Waals surface area contributed by atoms with Gasteiger partial charge >= 0.3 is 0 Å². The fourth-order valence-electron chi connectivity index (χ4n) is 2.09. The van der Waals surface area contributed by atoms with Crippen LogP contribution < -0.4 is 5.32 Å². The Morgan fingerprint density at radius 3 is 2.58 bits per heavy atom.